The fourth-order valence-corrected chi connectivity index (χ4v) is 4.07. The summed E-state index contributed by atoms with van der Waals surface area (Å²) in [5.41, 5.74) is 13.4. The number of aliphatic carboxylic acids is 1. The Kier molecular flexibility index (Phi) is 12.2. The zero-order valence-corrected chi connectivity index (χ0v) is 21.9. The Hall–Kier alpha value is -3.48. The molecule has 0 saturated heterocycles. The second-order valence-electron chi connectivity index (χ2n) is 9.47. The SMILES string of the molecule is CCC(C)C(NC(=O)C(CCCCN)NC(=O)C(CO)NC(=O)C(N)Cc1c[nH]c2ccccc12)C(=O)O. The molecule has 0 radical (unpaired) electrons. The van der Waals surface area contributed by atoms with Crippen LogP contribution in [0.15, 0.2) is 30.5 Å². The van der Waals surface area contributed by atoms with Crippen molar-refractivity contribution >= 4 is 34.6 Å². The van der Waals surface area contributed by atoms with Gasteiger partial charge >= 0.3 is 5.97 Å². The third-order valence-corrected chi connectivity index (χ3v) is 6.62. The van der Waals surface area contributed by atoms with Crippen LogP contribution in [0.1, 0.15) is 45.1 Å². The molecule has 2 rings (SSSR count). The van der Waals surface area contributed by atoms with Gasteiger partial charge in [-0.3, -0.25) is 14.4 Å². The van der Waals surface area contributed by atoms with Crippen LogP contribution < -0.4 is 27.4 Å². The van der Waals surface area contributed by atoms with Crippen LogP contribution >= 0.6 is 0 Å². The first kappa shape index (κ1) is 30.7. The molecule has 1 heterocycles. The van der Waals surface area contributed by atoms with E-state index in [1.165, 1.54) is 0 Å². The highest BCUT2D eigenvalue weighted by molar-refractivity contribution is 5.94. The van der Waals surface area contributed by atoms with E-state index in [4.69, 9.17) is 11.5 Å². The first-order valence-electron chi connectivity index (χ1n) is 12.9. The fraction of sp³-hybridized carbons (Fsp3) is 0.538. The number of nitrogens with one attached hydrogen (secondary N) is 4. The summed E-state index contributed by atoms with van der Waals surface area (Å²) in [7, 11) is 0. The molecule has 38 heavy (non-hydrogen) atoms. The highest BCUT2D eigenvalue weighted by atomic mass is 16.4. The number of aromatic nitrogens is 1. The van der Waals surface area contributed by atoms with Crippen molar-refractivity contribution in [1.29, 1.82) is 0 Å². The summed E-state index contributed by atoms with van der Waals surface area (Å²) in [6.07, 6.45) is 3.79. The number of fused-ring (bicyclic) bond motifs is 1. The summed E-state index contributed by atoms with van der Waals surface area (Å²) in [4.78, 5) is 53.4. The zero-order valence-electron chi connectivity index (χ0n) is 21.9. The van der Waals surface area contributed by atoms with E-state index in [1.54, 1.807) is 13.1 Å². The van der Waals surface area contributed by atoms with E-state index in [0.29, 0.717) is 25.8 Å². The lowest BCUT2D eigenvalue weighted by Gasteiger charge is -2.26. The third-order valence-electron chi connectivity index (χ3n) is 6.62. The number of H-pyrrole nitrogens is 1. The Labute approximate surface area is 221 Å². The van der Waals surface area contributed by atoms with Gasteiger partial charge in [0.15, 0.2) is 0 Å². The second-order valence-corrected chi connectivity index (χ2v) is 9.47. The smallest absolute Gasteiger partial charge is 0.326 e. The van der Waals surface area contributed by atoms with Gasteiger partial charge in [-0.05, 0) is 49.8 Å². The number of aliphatic hydroxyl groups excluding tert-OH is 1. The topological polar surface area (TPSA) is 213 Å². The number of rotatable bonds is 16. The van der Waals surface area contributed by atoms with Crippen molar-refractivity contribution < 1.29 is 29.4 Å². The summed E-state index contributed by atoms with van der Waals surface area (Å²) < 4.78 is 0. The largest absolute Gasteiger partial charge is 0.480 e. The monoisotopic (exact) mass is 532 g/mol. The van der Waals surface area contributed by atoms with Crippen molar-refractivity contribution in [2.45, 2.75) is 70.1 Å². The van der Waals surface area contributed by atoms with Crippen molar-refractivity contribution in [1.82, 2.24) is 20.9 Å². The zero-order chi connectivity index (χ0) is 28.2. The number of aliphatic hydroxyl groups is 1. The molecule has 0 aliphatic rings. The standard InChI is InChI=1S/C26H40N6O6/c1-3-15(2)22(26(37)38)32-24(35)20(10-6-7-11-27)30-25(36)21(14-33)31-23(34)18(28)12-16-13-29-19-9-5-4-8-17(16)19/h4-5,8-9,13,15,18,20-22,29,33H,3,6-7,10-12,14,27-28H2,1-2H3,(H,30,36)(H,31,34)(H,32,35)(H,37,38). The van der Waals surface area contributed by atoms with Crippen molar-refractivity contribution in [3.05, 3.63) is 36.0 Å². The van der Waals surface area contributed by atoms with Gasteiger partial charge in [-0.15, -0.1) is 0 Å². The van der Waals surface area contributed by atoms with E-state index in [2.05, 4.69) is 20.9 Å². The van der Waals surface area contributed by atoms with Crippen LogP contribution in [0, 0.1) is 5.92 Å². The Morgan fingerprint density at radius 3 is 2.29 bits per heavy atom. The molecule has 10 N–H and O–H groups in total. The number of nitrogens with two attached hydrogens (primary N) is 2. The van der Waals surface area contributed by atoms with E-state index in [0.717, 1.165) is 16.5 Å². The summed E-state index contributed by atoms with van der Waals surface area (Å²) in [6.45, 7) is 3.18. The summed E-state index contributed by atoms with van der Waals surface area (Å²) in [5.74, 6) is -3.61. The van der Waals surface area contributed by atoms with Crippen LogP contribution in [0.4, 0.5) is 0 Å². The van der Waals surface area contributed by atoms with Crippen LogP contribution in [0.5, 0.6) is 0 Å². The van der Waals surface area contributed by atoms with E-state index >= 15 is 0 Å². The molecule has 2 aromatic rings. The molecular weight excluding hydrogens is 492 g/mol. The van der Waals surface area contributed by atoms with Gasteiger partial charge in [-0.25, -0.2) is 4.79 Å². The first-order chi connectivity index (χ1) is 18.1. The van der Waals surface area contributed by atoms with Crippen LogP contribution in [0.2, 0.25) is 0 Å². The number of unbranched alkanes of at least 4 members (excludes halogenated alkanes) is 1. The average Bonchev–Trinajstić information content (AvgIpc) is 3.31. The molecule has 0 fully saturated rings. The van der Waals surface area contributed by atoms with Crippen molar-refractivity contribution in [3.63, 3.8) is 0 Å². The van der Waals surface area contributed by atoms with Gasteiger partial charge in [0.25, 0.3) is 0 Å². The molecule has 12 nitrogen and oxygen atoms in total. The summed E-state index contributed by atoms with van der Waals surface area (Å²) in [5, 5.41) is 27.7. The van der Waals surface area contributed by atoms with Gasteiger partial charge in [-0.1, -0.05) is 38.5 Å². The van der Waals surface area contributed by atoms with Crippen molar-refractivity contribution in [2.75, 3.05) is 13.2 Å². The summed E-state index contributed by atoms with van der Waals surface area (Å²) >= 11 is 0. The lowest BCUT2D eigenvalue weighted by Crippen LogP contribution is -2.58. The number of benzene rings is 1. The molecule has 0 saturated carbocycles. The number of carboxylic acid groups (broad SMARTS) is 1. The van der Waals surface area contributed by atoms with Crippen LogP contribution in [0.3, 0.4) is 0 Å². The number of carbonyl (C=O) groups is 4. The van der Waals surface area contributed by atoms with E-state index in [9.17, 15) is 29.4 Å². The maximum Gasteiger partial charge on any atom is 0.326 e. The van der Waals surface area contributed by atoms with Crippen LogP contribution in [0.25, 0.3) is 10.9 Å². The van der Waals surface area contributed by atoms with Gasteiger partial charge in [0.05, 0.1) is 12.6 Å². The van der Waals surface area contributed by atoms with E-state index in [-0.39, 0.29) is 18.8 Å². The van der Waals surface area contributed by atoms with Crippen molar-refractivity contribution in [3.8, 4) is 0 Å². The van der Waals surface area contributed by atoms with Gasteiger partial charge in [0.2, 0.25) is 17.7 Å². The number of para-hydroxylation sites is 1. The number of carboxylic acids is 1. The second kappa shape index (κ2) is 15.1. The molecule has 210 valence electrons. The minimum Gasteiger partial charge on any atom is -0.480 e. The Balaban J connectivity index is 2.06. The molecule has 0 bridgehead atoms. The molecule has 0 aliphatic heterocycles. The molecule has 12 heteroatoms. The number of carbonyl (C=O) groups excluding carboxylic acids is 3. The molecular formula is C26H40N6O6. The van der Waals surface area contributed by atoms with Crippen LogP contribution in [-0.4, -0.2) is 76.2 Å². The maximum atomic E-state index is 12.9. The predicted molar refractivity (Wildman–Crippen MR) is 143 cm³/mol. The Bertz CT molecular complexity index is 1090. The minimum atomic E-state index is -1.36. The predicted octanol–water partition coefficient (Wildman–Crippen LogP) is -0.256. The maximum absolute atomic E-state index is 12.9. The minimum absolute atomic E-state index is 0.200. The molecule has 1 aromatic heterocycles. The quantitative estimate of drug-likeness (QED) is 0.135. The fourth-order valence-electron chi connectivity index (χ4n) is 4.07. The highest BCUT2D eigenvalue weighted by Crippen LogP contribution is 2.18. The number of hydrogen-bond acceptors (Lipinski definition) is 7. The van der Waals surface area contributed by atoms with Gasteiger partial charge < -0.3 is 42.6 Å². The third kappa shape index (κ3) is 8.54. The molecule has 0 aliphatic carbocycles. The number of amides is 3. The van der Waals surface area contributed by atoms with Crippen molar-refractivity contribution in [2.24, 2.45) is 17.4 Å². The average molecular weight is 533 g/mol. The Morgan fingerprint density at radius 2 is 1.66 bits per heavy atom. The van der Waals surface area contributed by atoms with Gasteiger partial charge in [0.1, 0.15) is 18.1 Å². The number of aromatic amines is 1. The summed E-state index contributed by atoms with van der Waals surface area (Å²) in [6, 6.07) is 3.01. The molecule has 3 amide bonds. The Morgan fingerprint density at radius 1 is 1.00 bits per heavy atom. The highest BCUT2D eigenvalue weighted by Gasteiger charge is 2.31. The normalized spacial score (nSPS) is 15.2. The van der Waals surface area contributed by atoms with Crippen LogP contribution in [-0.2, 0) is 25.6 Å². The molecule has 5 atom stereocenters. The van der Waals surface area contributed by atoms with E-state index in [1.807, 2.05) is 31.2 Å². The van der Waals surface area contributed by atoms with E-state index < -0.39 is 54.5 Å². The lowest BCUT2D eigenvalue weighted by atomic mass is 9.98. The van der Waals surface area contributed by atoms with Gasteiger partial charge in [-0.2, -0.15) is 0 Å². The molecule has 5 unspecified atom stereocenters. The van der Waals surface area contributed by atoms with Gasteiger partial charge in [0, 0.05) is 17.1 Å². The number of hydrogen-bond donors (Lipinski definition) is 8. The molecule has 1 aromatic carbocycles. The lowest BCUT2D eigenvalue weighted by molar-refractivity contribution is -0.144. The first-order valence-corrected chi connectivity index (χ1v) is 12.9. The molecule has 0 spiro atoms.